The van der Waals surface area contributed by atoms with Crippen molar-refractivity contribution in [1.29, 1.82) is 5.26 Å². The van der Waals surface area contributed by atoms with E-state index in [1.807, 2.05) is 95.0 Å². The van der Waals surface area contributed by atoms with E-state index in [0.717, 1.165) is 103 Å². The number of nitriles is 1. The van der Waals surface area contributed by atoms with Gasteiger partial charge in [-0.3, -0.25) is 9.80 Å². The molecule has 0 aliphatic carbocycles. The Kier molecular flexibility index (Phi) is 37.3. The summed E-state index contributed by atoms with van der Waals surface area (Å²) in [6.45, 7) is 32.5. The number of halogens is 8. The lowest BCUT2D eigenvalue weighted by atomic mass is 9.96. The first-order valence-corrected chi connectivity index (χ1v) is 39.3. The van der Waals surface area contributed by atoms with Gasteiger partial charge < -0.3 is 35.0 Å². The highest BCUT2D eigenvalue weighted by Gasteiger charge is 2.31. The van der Waals surface area contributed by atoms with Crippen molar-refractivity contribution in [1.82, 2.24) is 30.2 Å². The van der Waals surface area contributed by atoms with Gasteiger partial charge in [0.05, 0.1) is 23.5 Å². The van der Waals surface area contributed by atoms with Gasteiger partial charge >= 0.3 is 12.2 Å². The topological polar surface area (TPSA) is 134 Å². The highest BCUT2D eigenvalue weighted by atomic mass is 79.9. The van der Waals surface area contributed by atoms with Crippen LogP contribution in [-0.4, -0.2) is 140 Å². The molecule has 12 nitrogen and oxygen atoms in total. The predicted molar refractivity (Wildman–Crippen MR) is 394 cm³/mol. The lowest BCUT2D eigenvalue weighted by Gasteiger charge is -2.40. The summed E-state index contributed by atoms with van der Waals surface area (Å²) >= 11 is 30.4. The molecular weight excluding hydrogens is 1570 g/mol. The molecule has 6 aromatic rings. The fraction of sp³-hybridized carbons (Fsp3) is 0.426. The summed E-state index contributed by atoms with van der Waals surface area (Å²) in [5.74, 6) is 0. The van der Waals surface area contributed by atoms with Gasteiger partial charge in [-0.1, -0.05) is 195 Å². The Hall–Kier alpha value is -3.17. The Balaban J connectivity index is 0.000000302. The van der Waals surface area contributed by atoms with Gasteiger partial charge in [-0.2, -0.15) is 5.26 Å². The van der Waals surface area contributed by atoms with Crippen molar-refractivity contribution < 1.29 is 24.2 Å². The smallest absolute Gasteiger partial charge is 0.410 e. The van der Waals surface area contributed by atoms with Crippen molar-refractivity contribution in [3.63, 3.8) is 0 Å². The van der Waals surface area contributed by atoms with Gasteiger partial charge in [0.15, 0.2) is 0 Å². The molecule has 486 valence electrons. The van der Waals surface area contributed by atoms with Crippen LogP contribution in [-0.2, 0) is 9.47 Å². The maximum absolute atomic E-state index is 12.4. The normalized spacial score (nSPS) is 14.4. The van der Waals surface area contributed by atoms with Gasteiger partial charge in [0, 0.05) is 120 Å². The zero-order chi connectivity index (χ0) is 66.3. The van der Waals surface area contributed by atoms with Crippen LogP contribution in [0.2, 0.25) is 26.2 Å². The molecule has 3 fully saturated rings. The monoisotopic (exact) mass is 1660 g/mol. The molecular formula is C68H89Br6Cl2N7O5Si. The fourth-order valence-electron chi connectivity index (χ4n) is 8.89. The van der Waals surface area contributed by atoms with Crippen molar-refractivity contribution in [2.75, 3.05) is 83.9 Å². The summed E-state index contributed by atoms with van der Waals surface area (Å²) in [5.41, 5.74) is 6.13. The van der Waals surface area contributed by atoms with Crippen molar-refractivity contribution in [2.45, 2.75) is 104 Å². The number of ether oxygens (including phenoxy) is 2. The second-order valence-electron chi connectivity index (χ2n) is 24.3. The van der Waals surface area contributed by atoms with E-state index in [4.69, 9.17) is 37.9 Å². The molecule has 3 aliphatic heterocycles. The molecule has 0 bridgehead atoms. The van der Waals surface area contributed by atoms with Crippen LogP contribution in [0.1, 0.15) is 100 Å². The first-order valence-electron chi connectivity index (χ1n) is 29.4. The van der Waals surface area contributed by atoms with Gasteiger partial charge in [0.2, 0.25) is 0 Å². The minimum absolute atomic E-state index is 0.155. The van der Waals surface area contributed by atoms with Gasteiger partial charge in [0.25, 0.3) is 0 Å². The number of amides is 2. The highest BCUT2D eigenvalue weighted by molar-refractivity contribution is 9.11. The molecule has 2 amide bonds. The average molecular weight is 1660 g/mol. The molecule has 9 rings (SSSR count). The van der Waals surface area contributed by atoms with Crippen LogP contribution in [0, 0.1) is 11.3 Å². The molecule has 0 spiro atoms. The van der Waals surface area contributed by atoms with E-state index in [1.165, 1.54) is 29.2 Å². The number of carbonyl (C=O) groups excluding carboxylic acids is 2. The Morgan fingerprint density at radius 2 is 0.674 bits per heavy atom. The Bertz CT molecular complexity index is 2840. The first-order chi connectivity index (χ1) is 41.9. The van der Waals surface area contributed by atoms with Gasteiger partial charge in [0.1, 0.15) is 17.3 Å². The number of aliphatic hydroxyl groups is 1. The van der Waals surface area contributed by atoms with Crippen molar-refractivity contribution in [3.8, 4) is 6.07 Å². The summed E-state index contributed by atoms with van der Waals surface area (Å²) in [6, 6.07) is 52.0. The van der Waals surface area contributed by atoms with Gasteiger partial charge in [-0.25, -0.2) is 9.59 Å². The molecule has 6 aromatic carbocycles. The predicted octanol–water partition coefficient (Wildman–Crippen LogP) is 19.1. The van der Waals surface area contributed by atoms with Crippen LogP contribution in [0.15, 0.2) is 172 Å². The maximum Gasteiger partial charge on any atom is 0.410 e. The van der Waals surface area contributed by atoms with E-state index in [1.54, 1.807) is 11.0 Å². The molecule has 3 aliphatic rings. The van der Waals surface area contributed by atoms with Crippen LogP contribution in [0.3, 0.4) is 0 Å². The number of hydrogen-bond acceptors (Lipinski definition) is 10. The zero-order valence-corrected chi connectivity index (χ0v) is 65.1. The van der Waals surface area contributed by atoms with Crippen molar-refractivity contribution in [3.05, 3.63) is 206 Å². The number of rotatable bonds is 8. The Morgan fingerprint density at radius 3 is 0.910 bits per heavy atom. The molecule has 3 heterocycles. The third-order valence-electron chi connectivity index (χ3n) is 12.7. The minimum Gasteiger partial charge on any atom is -0.444 e. The number of nitrogens with zero attached hydrogens (tertiary/aromatic N) is 5. The highest BCUT2D eigenvalue weighted by Crippen LogP contribution is 2.33. The number of piperazine rings is 3. The third kappa shape index (κ3) is 33.0. The van der Waals surface area contributed by atoms with E-state index < -0.39 is 19.8 Å². The number of hydrogen-bond donors (Lipinski definition) is 3. The standard InChI is InChI=1S/C22H26Br2N2O2.C17H18Br2N2.C13H10Br2O.C9H18N2O2.C4H12Si.C2H3N.CH2Cl2/c1-22(2,3)28-21(27)26-14-12-25(13-15-26)20(16-4-8-18(23)9-5-16)17-6-10-19(24)11-7-17;18-15-5-1-13(2-6-15)17(21-11-9-20-10-12-21)14-3-7-16(19)8-4-14;14-11-5-1-9(2-6-11)13(16)10-3-7-12(15)8-4-10;1-9(2,3)13-8(12)11-6-4-10-5-7-11;1-5(2,3)4;1-2-3;2-1-3/h4-11,20H,12-15H2,1-3H3;1-8,17,20H,9-12H2;1-8,13,16H;10H,4-7H2,1-3H3;1-4H3;1H3;1H2. The number of carbonyl (C=O) groups is 2. The molecule has 3 saturated heterocycles. The lowest BCUT2D eigenvalue weighted by molar-refractivity contribution is 0.0118. The second kappa shape index (κ2) is 41.5. The van der Waals surface area contributed by atoms with Gasteiger partial charge in [-0.05, 0) is 148 Å². The molecule has 0 aromatic heterocycles. The van der Waals surface area contributed by atoms with Crippen molar-refractivity contribution >= 4 is 139 Å². The molecule has 3 N–H and O–H groups in total. The van der Waals surface area contributed by atoms with E-state index in [2.05, 4.69) is 239 Å². The quantitative estimate of drug-likeness (QED) is 0.0999. The molecule has 0 saturated carbocycles. The van der Waals surface area contributed by atoms with Gasteiger partial charge in [-0.15, -0.1) is 23.2 Å². The SMILES string of the molecule is Brc1ccc(C(c2ccc(Br)cc2)N2CCNCC2)cc1.CC#N.CC(C)(C)OC(=O)N1CCN(C(c2ccc(Br)cc2)c2ccc(Br)cc2)CC1.CC(C)(C)OC(=O)N1CCNCC1.C[Si](C)(C)C.ClCCl.OC(c1ccc(Br)cc1)c1ccc(Br)cc1. The van der Waals surface area contributed by atoms with Crippen LogP contribution < -0.4 is 10.6 Å². The Labute approximate surface area is 592 Å². The third-order valence-corrected chi connectivity index (χ3v) is 15.9. The zero-order valence-electron chi connectivity index (χ0n) is 53.1. The van der Waals surface area contributed by atoms with Crippen LogP contribution >= 0.6 is 119 Å². The van der Waals surface area contributed by atoms with E-state index in [-0.39, 0.29) is 29.2 Å². The summed E-state index contributed by atoms with van der Waals surface area (Å²) in [4.78, 5) is 32.4. The minimum atomic E-state index is -0.611. The fourth-order valence-corrected chi connectivity index (χ4v) is 10.5. The second-order valence-corrected chi connectivity index (χ2v) is 36.7. The lowest BCUT2D eigenvalue weighted by Crippen LogP contribution is -2.51. The number of alkyl halides is 2. The van der Waals surface area contributed by atoms with E-state index in [0.29, 0.717) is 19.1 Å². The number of aliphatic hydroxyl groups excluding tert-OH is 1. The Morgan fingerprint density at radius 1 is 0.472 bits per heavy atom. The molecule has 21 heteroatoms. The molecule has 0 unspecified atom stereocenters. The van der Waals surface area contributed by atoms with E-state index in [9.17, 15) is 14.7 Å². The number of benzene rings is 6. The summed E-state index contributed by atoms with van der Waals surface area (Å²) < 4.78 is 17.2. The average Bonchev–Trinajstić information content (AvgIpc) is 1.20. The van der Waals surface area contributed by atoms with Crippen molar-refractivity contribution in [2.24, 2.45) is 0 Å². The number of nitrogens with one attached hydrogen (secondary N) is 2. The summed E-state index contributed by atoms with van der Waals surface area (Å²) in [7, 11) is -0.611. The maximum atomic E-state index is 12.4. The van der Waals surface area contributed by atoms with E-state index >= 15 is 0 Å². The largest absolute Gasteiger partial charge is 0.444 e. The van der Waals surface area contributed by atoms with Crippen LogP contribution in [0.25, 0.3) is 0 Å². The molecule has 89 heavy (non-hydrogen) atoms. The van der Waals surface area contributed by atoms with Crippen LogP contribution in [0.4, 0.5) is 9.59 Å². The molecule has 0 atom stereocenters. The molecule has 0 radical (unpaired) electrons. The first kappa shape index (κ1) is 80.1. The summed E-state index contributed by atoms with van der Waals surface area (Å²) in [6.07, 6.45) is -0.994. The van der Waals surface area contributed by atoms with Crippen LogP contribution in [0.5, 0.6) is 0 Å². The summed E-state index contributed by atoms with van der Waals surface area (Å²) in [5, 5.41) is 24.3.